The average molecular weight is 586 g/mol. The number of nitrogens with zero attached hydrogens (tertiary/aromatic N) is 1. The summed E-state index contributed by atoms with van der Waals surface area (Å²) in [6.45, 7) is -1.32. The Morgan fingerprint density at radius 1 is 0.950 bits per heavy atom. The van der Waals surface area contributed by atoms with E-state index >= 15 is 0 Å². The number of benzene rings is 2. The first-order valence-electron chi connectivity index (χ1n) is 11.6. The van der Waals surface area contributed by atoms with Crippen molar-refractivity contribution >= 4 is 7.82 Å². The summed E-state index contributed by atoms with van der Waals surface area (Å²) in [4.78, 5) is 25.5. The lowest BCUT2D eigenvalue weighted by molar-refractivity contribution is -0.193. The minimum atomic E-state index is -4.80. The Kier molecular flexibility index (Phi) is 8.61. The van der Waals surface area contributed by atoms with Gasteiger partial charge in [-0.25, -0.2) is 18.1 Å². The Morgan fingerprint density at radius 3 is 1.90 bits per heavy atom. The van der Waals surface area contributed by atoms with Crippen LogP contribution in [0.25, 0.3) is 0 Å². The maximum Gasteiger partial charge on any atom is 0.587 e. The van der Waals surface area contributed by atoms with Gasteiger partial charge in [0.2, 0.25) is 0 Å². The highest BCUT2D eigenvalue weighted by atomic mass is 31.2. The number of alkyl halides is 2. The number of methoxy groups -OCH3 is 2. The van der Waals surface area contributed by atoms with E-state index in [0.717, 1.165) is 12.3 Å². The van der Waals surface area contributed by atoms with Crippen molar-refractivity contribution in [3.63, 3.8) is 0 Å². The van der Waals surface area contributed by atoms with Crippen molar-refractivity contribution in [2.45, 2.75) is 30.5 Å². The summed E-state index contributed by atoms with van der Waals surface area (Å²) < 4.78 is 74.8. The molecule has 4 rings (SSSR count). The van der Waals surface area contributed by atoms with E-state index in [2.05, 4.69) is 0 Å². The largest absolute Gasteiger partial charge is 0.587 e. The topological polar surface area (TPSA) is 168 Å². The third kappa shape index (κ3) is 6.03. The molecular formula is C24H25F2N2O11P. The molecule has 2 heterocycles. The Hall–Kier alpha value is -3.75. The number of hydrogen-bond donors (Lipinski definition) is 3. The molecule has 13 nitrogen and oxygen atoms in total. The SMILES string of the molecule is COc1ccc(OP(=O)(OC[C@]2(C(F)F)O[C@H](n3ccc(=O)[nH]c3=O)C(O)C2O)Oc2ccc(OC)cc2)cc1. The number of ether oxygens (including phenoxy) is 3. The van der Waals surface area contributed by atoms with Gasteiger partial charge < -0.3 is 33.5 Å². The molecule has 216 valence electrons. The van der Waals surface area contributed by atoms with Gasteiger partial charge in [-0.05, 0) is 48.5 Å². The van der Waals surface area contributed by atoms with Gasteiger partial charge in [-0.1, -0.05) is 0 Å². The summed E-state index contributed by atoms with van der Waals surface area (Å²) >= 11 is 0. The Labute approximate surface area is 225 Å². The zero-order valence-corrected chi connectivity index (χ0v) is 21.9. The highest BCUT2D eigenvalue weighted by molar-refractivity contribution is 7.49. The molecule has 1 saturated heterocycles. The lowest BCUT2D eigenvalue weighted by Crippen LogP contribution is -2.52. The van der Waals surface area contributed by atoms with Crippen LogP contribution >= 0.6 is 7.82 Å². The number of rotatable bonds is 11. The standard InChI is InChI=1S/C24H25F2N2O11P/c1-34-14-3-7-16(8-4-14)38-40(33,39-17-9-5-15(35-2)6-10-17)36-13-24(22(25)26)20(31)19(30)21(37-24)28-12-11-18(29)27-23(28)32/h3-12,19-22,30-31H,13H2,1-2H3,(H,27,29,32)/t19?,20?,21-,24-/m0/s1. The number of H-pyrrole nitrogens is 1. The fourth-order valence-corrected chi connectivity index (χ4v) is 5.07. The Morgan fingerprint density at radius 2 is 1.45 bits per heavy atom. The zero-order valence-electron chi connectivity index (χ0n) is 21.0. The first-order valence-corrected chi connectivity index (χ1v) is 13.0. The molecule has 4 atom stereocenters. The molecule has 2 aromatic carbocycles. The summed E-state index contributed by atoms with van der Waals surface area (Å²) in [6.07, 6.45) is -8.91. The quantitative estimate of drug-likeness (QED) is 0.282. The number of halogens is 2. The highest BCUT2D eigenvalue weighted by Gasteiger charge is 2.62. The van der Waals surface area contributed by atoms with E-state index in [1.54, 1.807) is 0 Å². The third-order valence-electron chi connectivity index (χ3n) is 5.95. The van der Waals surface area contributed by atoms with Crippen LogP contribution in [0.4, 0.5) is 8.78 Å². The van der Waals surface area contributed by atoms with E-state index in [4.69, 9.17) is 27.8 Å². The van der Waals surface area contributed by atoms with E-state index < -0.39 is 56.1 Å². The molecule has 1 aromatic heterocycles. The highest BCUT2D eigenvalue weighted by Crippen LogP contribution is 2.52. The number of phosphoric ester groups is 1. The summed E-state index contributed by atoms with van der Waals surface area (Å²) in [5.41, 5.74) is -4.88. The molecule has 1 aliphatic rings. The molecule has 0 amide bonds. The van der Waals surface area contributed by atoms with Crippen molar-refractivity contribution in [1.29, 1.82) is 0 Å². The van der Waals surface area contributed by atoms with Crippen LogP contribution in [0, 0.1) is 0 Å². The van der Waals surface area contributed by atoms with Crippen LogP contribution in [-0.2, 0) is 13.8 Å². The number of aromatic nitrogens is 2. The van der Waals surface area contributed by atoms with Crippen molar-refractivity contribution in [1.82, 2.24) is 9.55 Å². The van der Waals surface area contributed by atoms with E-state index in [1.165, 1.54) is 62.8 Å². The maximum atomic E-state index is 14.4. The molecule has 0 bridgehead atoms. The number of hydrogen-bond acceptors (Lipinski definition) is 11. The molecule has 40 heavy (non-hydrogen) atoms. The second-order valence-electron chi connectivity index (χ2n) is 8.47. The minimum Gasteiger partial charge on any atom is -0.497 e. The van der Waals surface area contributed by atoms with Crippen molar-refractivity contribution in [2.75, 3.05) is 20.8 Å². The van der Waals surface area contributed by atoms with Crippen molar-refractivity contribution < 1.29 is 51.3 Å². The van der Waals surface area contributed by atoms with Crippen molar-refractivity contribution in [3.8, 4) is 23.0 Å². The summed E-state index contributed by atoms with van der Waals surface area (Å²) in [7, 11) is -1.95. The lowest BCUT2D eigenvalue weighted by atomic mass is 9.96. The summed E-state index contributed by atoms with van der Waals surface area (Å²) in [5, 5.41) is 21.1. The van der Waals surface area contributed by atoms with E-state index in [9.17, 15) is 33.1 Å². The van der Waals surface area contributed by atoms with Crippen LogP contribution < -0.4 is 29.8 Å². The summed E-state index contributed by atoms with van der Waals surface area (Å²) in [6, 6.07) is 12.2. The molecule has 0 aliphatic carbocycles. The van der Waals surface area contributed by atoms with Gasteiger partial charge in [0, 0.05) is 12.3 Å². The van der Waals surface area contributed by atoms with Gasteiger partial charge in [0.05, 0.1) is 20.8 Å². The van der Waals surface area contributed by atoms with Gasteiger partial charge >= 0.3 is 13.5 Å². The second-order valence-corrected chi connectivity index (χ2v) is 9.99. The molecule has 3 aromatic rings. The fraction of sp³-hybridized carbons (Fsp3) is 0.333. The van der Waals surface area contributed by atoms with Gasteiger partial charge in [0.1, 0.15) is 35.2 Å². The first kappa shape index (κ1) is 29.2. The van der Waals surface area contributed by atoms with Crippen LogP contribution in [0.5, 0.6) is 23.0 Å². The first-order chi connectivity index (χ1) is 19.0. The third-order valence-corrected chi connectivity index (χ3v) is 7.27. The normalized spacial score (nSPS) is 22.7. The van der Waals surface area contributed by atoms with Gasteiger partial charge in [0.15, 0.2) is 11.8 Å². The van der Waals surface area contributed by atoms with Crippen LogP contribution in [-0.4, -0.2) is 64.8 Å². The van der Waals surface area contributed by atoms with Crippen LogP contribution in [0.15, 0.2) is 70.4 Å². The molecule has 0 radical (unpaired) electrons. The van der Waals surface area contributed by atoms with Gasteiger partial charge in [-0.15, -0.1) is 0 Å². The molecule has 0 spiro atoms. The van der Waals surface area contributed by atoms with Gasteiger partial charge in [-0.2, -0.15) is 0 Å². The minimum absolute atomic E-state index is 0.0469. The molecule has 3 N–H and O–H groups in total. The van der Waals surface area contributed by atoms with Gasteiger partial charge in [-0.3, -0.25) is 18.9 Å². The molecule has 1 aliphatic heterocycles. The number of aliphatic hydroxyl groups is 2. The van der Waals surface area contributed by atoms with E-state index in [1.807, 2.05) is 4.98 Å². The number of nitrogens with one attached hydrogen (secondary N) is 1. The number of aromatic amines is 1. The molecule has 16 heteroatoms. The predicted octanol–water partition coefficient (Wildman–Crippen LogP) is 2.09. The molecule has 2 unspecified atom stereocenters. The molecule has 0 saturated carbocycles. The summed E-state index contributed by atoms with van der Waals surface area (Å²) in [5.74, 6) is 0.787. The van der Waals surface area contributed by atoms with Gasteiger partial charge in [0.25, 0.3) is 12.0 Å². The second kappa shape index (κ2) is 11.8. The maximum absolute atomic E-state index is 14.4. The van der Waals surface area contributed by atoms with Crippen LogP contribution in [0.1, 0.15) is 6.23 Å². The number of aliphatic hydroxyl groups excluding tert-OH is 2. The monoisotopic (exact) mass is 586 g/mol. The lowest BCUT2D eigenvalue weighted by Gasteiger charge is -2.31. The smallest absolute Gasteiger partial charge is 0.497 e. The van der Waals surface area contributed by atoms with Crippen LogP contribution in [0.3, 0.4) is 0 Å². The molecule has 1 fully saturated rings. The number of phosphoric acid groups is 1. The van der Waals surface area contributed by atoms with E-state index in [0.29, 0.717) is 16.1 Å². The predicted molar refractivity (Wildman–Crippen MR) is 133 cm³/mol. The average Bonchev–Trinajstić information content (AvgIpc) is 3.19. The fourth-order valence-electron chi connectivity index (χ4n) is 3.80. The Bertz CT molecular complexity index is 1410. The Balaban J connectivity index is 1.64. The van der Waals surface area contributed by atoms with Crippen molar-refractivity contribution in [3.05, 3.63) is 81.6 Å². The zero-order chi connectivity index (χ0) is 29.1. The van der Waals surface area contributed by atoms with Crippen molar-refractivity contribution in [2.24, 2.45) is 0 Å². The van der Waals surface area contributed by atoms with E-state index in [-0.39, 0.29) is 11.5 Å². The molecular weight excluding hydrogens is 561 g/mol. The van der Waals surface area contributed by atoms with Crippen LogP contribution in [0.2, 0.25) is 0 Å².